The summed E-state index contributed by atoms with van der Waals surface area (Å²) in [7, 11) is -1.61. The lowest BCUT2D eigenvalue weighted by atomic mass is 9.87. The number of aliphatic imine (C=N–C) groups is 1. The summed E-state index contributed by atoms with van der Waals surface area (Å²) < 4.78 is 25.2. The lowest BCUT2D eigenvalue weighted by Gasteiger charge is -2.24. The molecular weight excluding hydrogens is 499 g/mol. The van der Waals surface area contributed by atoms with Crippen molar-refractivity contribution in [2.24, 2.45) is 4.99 Å². The van der Waals surface area contributed by atoms with Crippen molar-refractivity contribution >= 4 is 39.8 Å². The van der Waals surface area contributed by atoms with Gasteiger partial charge >= 0.3 is 0 Å². The van der Waals surface area contributed by atoms with Gasteiger partial charge in [0.1, 0.15) is 0 Å². The summed E-state index contributed by atoms with van der Waals surface area (Å²) in [4.78, 5) is 7.05. The number of hydrogen-bond donors (Lipinski definition) is 2. The van der Waals surface area contributed by atoms with Crippen molar-refractivity contribution in [1.82, 2.24) is 15.5 Å². The Kier molecular flexibility index (Phi) is 10.4. The van der Waals surface area contributed by atoms with Gasteiger partial charge in [-0.3, -0.25) is 9.89 Å². The van der Waals surface area contributed by atoms with E-state index >= 15 is 0 Å². The van der Waals surface area contributed by atoms with Crippen molar-refractivity contribution in [3.05, 3.63) is 29.8 Å². The van der Waals surface area contributed by atoms with E-state index in [1.165, 1.54) is 12.8 Å². The molecule has 1 aromatic carbocycles. The molecule has 0 amide bonds. The first-order valence-electron chi connectivity index (χ1n) is 10.2. The normalized spacial score (nSPS) is 18.4. The molecule has 6 nitrogen and oxygen atoms in total. The fourth-order valence-electron chi connectivity index (χ4n) is 3.56. The highest BCUT2D eigenvalue weighted by atomic mass is 127. The van der Waals surface area contributed by atoms with Gasteiger partial charge in [0.2, 0.25) is 0 Å². The first kappa shape index (κ1) is 26.2. The van der Waals surface area contributed by atoms with Crippen LogP contribution in [0.25, 0.3) is 0 Å². The topological polar surface area (TPSA) is 73.8 Å². The largest absolute Gasteiger partial charge is 0.355 e. The van der Waals surface area contributed by atoms with Crippen LogP contribution in [0.3, 0.4) is 0 Å². The van der Waals surface area contributed by atoms with Crippen molar-refractivity contribution in [2.75, 3.05) is 39.0 Å². The molecule has 29 heavy (non-hydrogen) atoms. The van der Waals surface area contributed by atoms with Gasteiger partial charge in [-0.1, -0.05) is 39.8 Å². The van der Waals surface area contributed by atoms with Crippen molar-refractivity contribution in [3.8, 4) is 0 Å². The van der Waals surface area contributed by atoms with Crippen LogP contribution in [-0.2, 0) is 15.3 Å². The number of nitrogens with zero attached hydrogens (tertiary/aromatic N) is 2. The third kappa shape index (κ3) is 7.71. The Morgan fingerprint density at radius 2 is 1.86 bits per heavy atom. The monoisotopic (exact) mass is 536 g/mol. The van der Waals surface area contributed by atoms with Crippen LogP contribution >= 0.6 is 24.0 Å². The lowest BCUT2D eigenvalue weighted by molar-refractivity contribution is 0.267. The summed E-state index contributed by atoms with van der Waals surface area (Å²) in [5.74, 6) is 0.689. The minimum Gasteiger partial charge on any atom is -0.355 e. The first-order chi connectivity index (χ1) is 13.2. The molecule has 0 aromatic heterocycles. The van der Waals surface area contributed by atoms with E-state index in [4.69, 9.17) is 0 Å². The first-order valence-corrected chi connectivity index (χ1v) is 11.8. The predicted octanol–water partition coefficient (Wildman–Crippen LogP) is 3.03. The average molecular weight is 537 g/mol. The molecule has 2 N–H and O–H groups in total. The Balaban J connectivity index is 0.00000420. The van der Waals surface area contributed by atoms with Crippen molar-refractivity contribution in [1.29, 1.82) is 0 Å². The van der Waals surface area contributed by atoms with E-state index < -0.39 is 9.84 Å². The van der Waals surface area contributed by atoms with E-state index in [0.29, 0.717) is 23.4 Å². The third-order valence-corrected chi connectivity index (χ3v) is 7.11. The maximum atomic E-state index is 12.6. The molecule has 1 fully saturated rings. The predicted molar refractivity (Wildman–Crippen MR) is 132 cm³/mol. The summed E-state index contributed by atoms with van der Waals surface area (Å²) in [6, 6.07) is 7.75. The maximum Gasteiger partial charge on any atom is 0.191 e. The van der Waals surface area contributed by atoms with Crippen LogP contribution in [0.1, 0.15) is 46.1 Å². The number of benzene rings is 1. The number of likely N-dealkylation sites (N-methyl/N-ethyl adjacent to an activating group) is 1. The average Bonchev–Trinajstić information content (AvgIpc) is 3.11. The molecule has 1 atom stereocenters. The van der Waals surface area contributed by atoms with E-state index in [9.17, 15) is 8.42 Å². The molecule has 1 aliphatic rings. The zero-order chi connectivity index (χ0) is 20.8. The minimum absolute atomic E-state index is 0. The molecule has 1 saturated heterocycles. The van der Waals surface area contributed by atoms with Gasteiger partial charge < -0.3 is 10.6 Å². The van der Waals surface area contributed by atoms with Crippen molar-refractivity contribution in [3.63, 3.8) is 0 Å². The Morgan fingerprint density at radius 1 is 1.21 bits per heavy atom. The smallest absolute Gasteiger partial charge is 0.191 e. The zero-order valence-corrected chi connectivity index (χ0v) is 21.5. The molecule has 0 radical (unpaired) electrons. The second-order valence-electron chi connectivity index (χ2n) is 8.40. The number of hydrogen-bond acceptors (Lipinski definition) is 4. The van der Waals surface area contributed by atoms with Gasteiger partial charge in [0, 0.05) is 26.2 Å². The number of rotatable bonds is 7. The fourth-order valence-corrected chi connectivity index (χ4v) is 4.72. The van der Waals surface area contributed by atoms with Gasteiger partial charge in [-0.2, -0.15) is 0 Å². The molecule has 0 saturated carbocycles. The molecule has 1 aromatic rings. The summed E-state index contributed by atoms with van der Waals surface area (Å²) in [5.41, 5.74) is 1.14. The Hall–Kier alpha value is -0.870. The Bertz CT molecular complexity index is 758. The fraction of sp³-hybridized carbons (Fsp3) is 0.667. The summed E-state index contributed by atoms with van der Waals surface area (Å²) in [6.45, 7) is 11.9. The summed E-state index contributed by atoms with van der Waals surface area (Å²) in [6.07, 6.45) is 2.43. The van der Waals surface area contributed by atoms with E-state index in [-0.39, 0.29) is 35.1 Å². The molecule has 2 rings (SSSR count). The van der Waals surface area contributed by atoms with Crippen LogP contribution in [-0.4, -0.2) is 64.3 Å². The quantitative estimate of drug-likeness (QED) is 0.319. The van der Waals surface area contributed by atoms with Crippen molar-refractivity contribution in [2.45, 2.75) is 56.9 Å². The van der Waals surface area contributed by atoms with Crippen LogP contribution in [0.2, 0.25) is 0 Å². The molecule has 8 heteroatoms. The van der Waals surface area contributed by atoms with Gasteiger partial charge in [-0.25, -0.2) is 8.42 Å². The standard InChI is InChI=1S/C21H36N4O2S.HI/c1-6-25-14-7-8-18(25)16-24-20(22-5)23-13-15-28(26,27)19-11-9-17(10-12-19)21(2,3)4;/h9-12,18H,6-8,13-16H2,1-5H3,(H2,22,23,24);1H. The van der Waals surface area contributed by atoms with E-state index in [1.807, 2.05) is 12.1 Å². The van der Waals surface area contributed by atoms with Crippen LogP contribution in [0.4, 0.5) is 0 Å². The van der Waals surface area contributed by atoms with Crippen LogP contribution in [0, 0.1) is 0 Å². The summed E-state index contributed by atoms with van der Waals surface area (Å²) >= 11 is 0. The highest BCUT2D eigenvalue weighted by Gasteiger charge is 2.23. The highest BCUT2D eigenvalue weighted by molar-refractivity contribution is 14.0. The third-order valence-electron chi connectivity index (χ3n) is 5.38. The summed E-state index contributed by atoms with van der Waals surface area (Å²) in [5, 5.41) is 6.46. The second-order valence-corrected chi connectivity index (χ2v) is 10.5. The van der Waals surface area contributed by atoms with E-state index in [0.717, 1.165) is 25.2 Å². The SMILES string of the molecule is CCN1CCCC1CNC(=NC)NCCS(=O)(=O)c1ccc(C(C)(C)C)cc1.I. The minimum atomic E-state index is -3.32. The van der Waals surface area contributed by atoms with E-state index in [1.54, 1.807) is 19.2 Å². The number of guanidine groups is 1. The molecule has 1 heterocycles. The molecular formula is C21H37IN4O2S. The number of nitrogens with one attached hydrogen (secondary N) is 2. The second kappa shape index (κ2) is 11.5. The zero-order valence-electron chi connectivity index (χ0n) is 18.4. The number of halogens is 1. The van der Waals surface area contributed by atoms with Gasteiger partial charge in [0.05, 0.1) is 10.6 Å². The molecule has 1 aliphatic heterocycles. The molecule has 0 aliphatic carbocycles. The Labute approximate surface area is 193 Å². The van der Waals surface area contributed by atoms with Gasteiger partial charge in [-0.15, -0.1) is 24.0 Å². The van der Waals surface area contributed by atoms with Crippen LogP contribution in [0.5, 0.6) is 0 Å². The Morgan fingerprint density at radius 3 is 2.41 bits per heavy atom. The lowest BCUT2D eigenvalue weighted by Crippen LogP contribution is -2.45. The van der Waals surface area contributed by atoms with Gasteiger partial charge in [0.25, 0.3) is 0 Å². The number of sulfone groups is 1. The molecule has 166 valence electrons. The molecule has 0 spiro atoms. The van der Waals surface area contributed by atoms with E-state index in [2.05, 4.69) is 48.2 Å². The van der Waals surface area contributed by atoms with Gasteiger partial charge in [-0.05, 0) is 49.0 Å². The molecule has 0 bridgehead atoms. The highest BCUT2D eigenvalue weighted by Crippen LogP contribution is 2.23. The van der Waals surface area contributed by atoms with Gasteiger partial charge in [0.15, 0.2) is 15.8 Å². The number of likely N-dealkylation sites (tertiary alicyclic amines) is 1. The van der Waals surface area contributed by atoms with Crippen LogP contribution in [0.15, 0.2) is 34.2 Å². The molecule has 1 unspecified atom stereocenters. The van der Waals surface area contributed by atoms with Crippen molar-refractivity contribution < 1.29 is 8.42 Å². The van der Waals surface area contributed by atoms with Crippen LogP contribution < -0.4 is 10.6 Å². The maximum absolute atomic E-state index is 12.6.